The van der Waals surface area contributed by atoms with E-state index in [1.54, 1.807) is 0 Å². The molecule has 1 N–H and O–H groups in total. The van der Waals surface area contributed by atoms with E-state index in [0.717, 1.165) is 42.9 Å². The van der Waals surface area contributed by atoms with Gasteiger partial charge in [-0.3, -0.25) is 0 Å². The van der Waals surface area contributed by atoms with Crippen LogP contribution in [0.5, 0.6) is 0 Å². The van der Waals surface area contributed by atoms with Crippen LogP contribution >= 0.6 is 0 Å². The summed E-state index contributed by atoms with van der Waals surface area (Å²) >= 11 is 0. The van der Waals surface area contributed by atoms with E-state index >= 15 is 0 Å². The van der Waals surface area contributed by atoms with Gasteiger partial charge in [0.25, 0.3) is 0 Å². The number of rotatable bonds is 4. The van der Waals surface area contributed by atoms with Crippen molar-refractivity contribution in [1.82, 2.24) is 0 Å². The molecule has 0 radical (unpaired) electrons. The van der Waals surface area contributed by atoms with E-state index in [1.807, 2.05) is 0 Å². The fourth-order valence-corrected chi connectivity index (χ4v) is 8.76. The van der Waals surface area contributed by atoms with Crippen LogP contribution < -0.4 is 5.11 Å². The maximum atomic E-state index is 10.9. The molecule has 3 heteroatoms. The summed E-state index contributed by atoms with van der Waals surface area (Å²) in [5.41, 5.74) is 0.853. The molecule has 0 aromatic carbocycles. The molecule has 0 bridgehead atoms. The topological polar surface area (TPSA) is 60.4 Å². The summed E-state index contributed by atoms with van der Waals surface area (Å²) in [5, 5.41) is 21.1. The predicted octanol–water partition coefficient (Wildman–Crippen LogP) is 4.17. The fourth-order valence-electron chi connectivity index (χ4n) is 8.76. The maximum absolute atomic E-state index is 10.9. The van der Waals surface area contributed by atoms with Gasteiger partial charge in [0.15, 0.2) is 0 Å². The quantitative estimate of drug-likeness (QED) is 0.802. The van der Waals surface area contributed by atoms with Crippen LogP contribution in [-0.2, 0) is 4.79 Å². The molecule has 0 aromatic heterocycles. The minimum atomic E-state index is -0.893. The summed E-state index contributed by atoms with van der Waals surface area (Å²) in [6.45, 7) is 7.38. The Morgan fingerprint density at radius 3 is 2.48 bits per heavy atom. The Morgan fingerprint density at radius 1 is 1.04 bits per heavy atom. The maximum Gasteiger partial charge on any atom is 0.0543 e. The minimum absolute atomic E-state index is 0.0612. The number of aliphatic hydroxyl groups excluding tert-OH is 1. The van der Waals surface area contributed by atoms with Crippen LogP contribution in [-0.4, -0.2) is 17.2 Å². The van der Waals surface area contributed by atoms with E-state index in [9.17, 15) is 15.0 Å². The Labute approximate surface area is 165 Å². The molecule has 0 aliphatic heterocycles. The molecule has 0 amide bonds. The van der Waals surface area contributed by atoms with E-state index < -0.39 is 5.97 Å². The zero-order chi connectivity index (χ0) is 19.4. The molecule has 0 spiro atoms. The van der Waals surface area contributed by atoms with Gasteiger partial charge in [-0.15, -0.1) is 0 Å². The Morgan fingerprint density at radius 2 is 1.74 bits per heavy atom. The van der Waals surface area contributed by atoms with Crippen molar-refractivity contribution in [3.8, 4) is 0 Å². The van der Waals surface area contributed by atoms with E-state index in [1.165, 1.54) is 44.9 Å². The second kappa shape index (κ2) is 7.04. The molecular weight excluding hydrogens is 336 g/mol. The Bertz CT molecular complexity index is 574. The van der Waals surface area contributed by atoms with Crippen LogP contribution in [0.15, 0.2) is 0 Å². The fraction of sp³-hybridized carbons (Fsp3) is 0.958. The van der Waals surface area contributed by atoms with Crippen molar-refractivity contribution in [2.75, 3.05) is 0 Å². The first-order chi connectivity index (χ1) is 12.8. The molecule has 3 nitrogen and oxygen atoms in total. The second-order valence-electron chi connectivity index (χ2n) is 11.2. The third-order valence-electron chi connectivity index (χ3n) is 10.2. The number of fused-ring (bicyclic) bond motifs is 5. The summed E-state index contributed by atoms with van der Waals surface area (Å²) < 4.78 is 0. The third kappa shape index (κ3) is 3.16. The summed E-state index contributed by atoms with van der Waals surface area (Å²) in [6.07, 6.45) is 12.2. The van der Waals surface area contributed by atoms with Gasteiger partial charge in [-0.1, -0.05) is 20.8 Å². The first-order valence-corrected chi connectivity index (χ1v) is 11.6. The highest BCUT2D eigenvalue weighted by Gasteiger charge is 2.60. The number of carboxylic acids is 1. The van der Waals surface area contributed by atoms with Crippen LogP contribution in [0.3, 0.4) is 0 Å². The van der Waals surface area contributed by atoms with Gasteiger partial charge in [-0.2, -0.15) is 0 Å². The SMILES string of the molecule is C[C@H](CCC(=O)[O-])[C@H]1CC[C@H]2[C@@H]3CC[C@H]4C[C@H](O)CC[C@]4(C)[C@H]3CC[C@]12C. The van der Waals surface area contributed by atoms with Crippen molar-refractivity contribution in [3.63, 3.8) is 0 Å². The van der Waals surface area contributed by atoms with Gasteiger partial charge in [-0.05, 0) is 117 Å². The van der Waals surface area contributed by atoms with Crippen LogP contribution in [0.1, 0.15) is 91.4 Å². The van der Waals surface area contributed by atoms with Gasteiger partial charge < -0.3 is 15.0 Å². The average molecular weight is 376 g/mol. The summed E-state index contributed by atoms with van der Waals surface area (Å²) in [6, 6.07) is 0. The lowest BCUT2D eigenvalue weighted by Gasteiger charge is -2.61. The molecule has 27 heavy (non-hydrogen) atoms. The Kier molecular flexibility index (Phi) is 5.15. The molecule has 0 aromatic rings. The van der Waals surface area contributed by atoms with E-state index in [-0.39, 0.29) is 12.5 Å². The van der Waals surface area contributed by atoms with Gasteiger partial charge in [0.1, 0.15) is 0 Å². The van der Waals surface area contributed by atoms with E-state index in [0.29, 0.717) is 22.7 Å². The number of hydrogen-bond donors (Lipinski definition) is 1. The van der Waals surface area contributed by atoms with Crippen molar-refractivity contribution in [2.45, 2.75) is 97.5 Å². The van der Waals surface area contributed by atoms with Crippen molar-refractivity contribution in [3.05, 3.63) is 0 Å². The largest absolute Gasteiger partial charge is 0.550 e. The average Bonchev–Trinajstić information content (AvgIpc) is 2.97. The van der Waals surface area contributed by atoms with Crippen LogP contribution in [0.2, 0.25) is 0 Å². The van der Waals surface area contributed by atoms with Crippen molar-refractivity contribution < 1.29 is 15.0 Å². The number of carbonyl (C=O) groups is 1. The Balaban J connectivity index is 1.51. The van der Waals surface area contributed by atoms with Gasteiger partial charge in [0, 0.05) is 5.97 Å². The number of carboxylic acid groups (broad SMARTS) is 1. The number of aliphatic carboxylic acids is 1. The van der Waals surface area contributed by atoms with Crippen molar-refractivity contribution in [2.24, 2.45) is 46.3 Å². The smallest absolute Gasteiger partial charge is 0.0543 e. The predicted molar refractivity (Wildman–Crippen MR) is 105 cm³/mol. The molecule has 4 fully saturated rings. The van der Waals surface area contributed by atoms with E-state index in [2.05, 4.69) is 20.8 Å². The van der Waals surface area contributed by atoms with Gasteiger partial charge in [-0.25, -0.2) is 0 Å². The number of aliphatic hydroxyl groups is 1. The monoisotopic (exact) mass is 375 g/mol. The van der Waals surface area contributed by atoms with Crippen molar-refractivity contribution in [1.29, 1.82) is 0 Å². The minimum Gasteiger partial charge on any atom is -0.550 e. The Hall–Kier alpha value is -0.570. The normalized spacial score (nSPS) is 50.4. The summed E-state index contributed by atoms with van der Waals surface area (Å²) in [5.74, 6) is 3.55. The second-order valence-corrected chi connectivity index (χ2v) is 11.2. The van der Waals surface area contributed by atoms with Gasteiger partial charge in [0.2, 0.25) is 0 Å². The molecule has 0 heterocycles. The number of carbonyl (C=O) groups excluding carboxylic acids is 1. The molecule has 9 atom stereocenters. The van der Waals surface area contributed by atoms with Crippen LogP contribution in [0, 0.1) is 46.3 Å². The highest BCUT2D eigenvalue weighted by atomic mass is 16.4. The molecular formula is C24H39O3-. The first kappa shape index (κ1) is 19.7. The molecule has 154 valence electrons. The zero-order valence-corrected chi connectivity index (χ0v) is 17.6. The summed E-state index contributed by atoms with van der Waals surface area (Å²) in [4.78, 5) is 10.9. The van der Waals surface area contributed by atoms with Gasteiger partial charge >= 0.3 is 0 Å². The molecule has 4 rings (SSSR count). The standard InChI is InChI=1S/C24H40O3/c1-15(4-9-22(26)27)19-7-8-20-18-6-5-16-14-17(25)10-12-23(16,2)21(18)11-13-24(19,20)3/h15-21,25H,4-14H2,1-3H3,(H,26,27)/p-1/t15-,16+,17-,18+,19-,20+,21+,23+,24-/m1/s1. The zero-order valence-electron chi connectivity index (χ0n) is 17.6. The lowest BCUT2D eigenvalue weighted by molar-refractivity contribution is -0.306. The molecule has 4 aliphatic rings. The lowest BCUT2D eigenvalue weighted by Crippen LogP contribution is -2.54. The lowest BCUT2D eigenvalue weighted by atomic mass is 9.44. The van der Waals surface area contributed by atoms with E-state index in [4.69, 9.17) is 0 Å². The third-order valence-corrected chi connectivity index (χ3v) is 10.2. The molecule has 4 aliphatic carbocycles. The van der Waals surface area contributed by atoms with Crippen molar-refractivity contribution >= 4 is 5.97 Å². The van der Waals surface area contributed by atoms with Crippen LogP contribution in [0.4, 0.5) is 0 Å². The highest BCUT2D eigenvalue weighted by Crippen LogP contribution is 2.68. The first-order valence-electron chi connectivity index (χ1n) is 11.6. The number of hydrogen-bond acceptors (Lipinski definition) is 3. The van der Waals surface area contributed by atoms with Crippen LogP contribution in [0.25, 0.3) is 0 Å². The van der Waals surface area contributed by atoms with Gasteiger partial charge in [0.05, 0.1) is 6.10 Å². The molecule has 0 saturated heterocycles. The molecule has 0 unspecified atom stereocenters. The summed E-state index contributed by atoms with van der Waals surface area (Å²) in [7, 11) is 0. The molecule has 4 saturated carbocycles. The highest BCUT2D eigenvalue weighted by molar-refractivity contribution is 5.64.